The number of nitrogens with zero attached hydrogens (tertiary/aromatic N) is 1. The summed E-state index contributed by atoms with van der Waals surface area (Å²) < 4.78 is 31.8. The van der Waals surface area contributed by atoms with Crippen LogP contribution in [0.5, 0.6) is 0 Å². The molecule has 0 saturated carbocycles. The molecule has 1 heterocycles. The molecule has 16 heavy (non-hydrogen) atoms. The van der Waals surface area contributed by atoms with Gasteiger partial charge < -0.3 is 4.52 Å². The fourth-order valence-electron chi connectivity index (χ4n) is 1.42. The maximum absolute atomic E-state index is 11.1. The molecule has 0 aliphatic heterocycles. The quantitative estimate of drug-likeness (QED) is 0.546. The fraction of sp³-hybridized carbons (Fsp3) is 0.700. The summed E-state index contributed by atoms with van der Waals surface area (Å²) in [4.78, 5) is 0. The molecule has 0 radical (unpaired) electrons. The highest BCUT2D eigenvalue weighted by atomic mass is 32.2. The summed E-state index contributed by atoms with van der Waals surface area (Å²) in [6.07, 6.45) is 5.58. The molecular weight excluding hydrogens is 230 g/mol. The van der Waals surface area contributed by atoms with Crippen molar-refractivity contribution in [2.75, 3.05) is 6.26 Å². The highest BCUT2D eigenvalue weighted by molar-refractivity contribution is 7.86. The lowest BCUT2D eigenvalue weighted by atomic mass is 10.1. The molecule has 0 bridgehead atoms. The van der Waals surface area contributed by atoms with Crippen LogP contribution in [-0.2, 0) is 14.3 Å². The lowest BCUT2D eigenvalue weighted by molar-refractivity contribution is 0.189. The first-order valence-corrected chi connectivity index (χ1v) is 7.13. The number of rotatable bonds is 7. The van der Waals surface area contributed by atoms with Crippen molar-refractivity contribution < 1.29 is 17.1 Å². The molecule has 92 valence electrons. The van der Waals surface area contributed by atoms with Crippen molar-refractivity contribution in [2.45, 2.75) is 38.7 Å². The topological polar surface area (TPSA) is 69.4 Å². The van der Waals surface area contributed by atoms with Crippen LogP contribution >= 0.6 is 0 Å². The van der Waals surface area contributed by atoms with Crippen LogP contribution in [0.25, 0.3) is 0 Å². The minimum absolute atomic E-state index is 0.528. The molecule has 0 fully saturated rings. The molecule has 0 N–H and O–H groups in total. The Bertz CT molecular complexity index is 385. The lowest BCUT2D eigenvalue weighted by Gasteiger charge is -2.12. The van der Waals surface area contributed by atoms with Gasteiger partial charge in [-0.15, -0.1) is 0 Å². The molecule has 1 rings (SSSR count). The SMILES string of the molecule is CCCCCC(OS(C)(=O)=O)c1ccon1. The Balaban J connectivity index is 2.63. The van der Waals surface area contributed by atoms with Crippen LogP contribution in [0, 0.1) is 0 Å². The maximum Gasteiger partial charge on any atom is 0.265 e. The zero-order valence-corrected chi connectivity index (χ0v) is 10.4. The van der Waals surface area contributed by atoms with Gasteiger partial charge in [0.15, 0.2) is 0 Å². The molecule has 1 unspecified atom stereocenters. The largest absolute Gasteiger partial charge is 0.364 e. The average Bonchev–Trinajstić information content (AvgIpc) is 2.67. The van der Waals surface area contributed by atoms with Gasteiger partial charge >= 0.3 is 0 Å². The van der Waals surface area contributed by atoms with Crippen LogP contribution in [0.3, 0.4) is 0 Å². The zero-order valence-electron chi connectivity index (χ0n) is 9.55. The van der Waals surface area contributed by atoms with Crippen molar-refractivity contribution >= 4 is 10.1 Å². The average molecular weight is 247 g/mol. The van der Waals surface area contributed by atoms with Crippen molar-refractivity contribution in [3.8, 4) is 0 Å². The Morgan fingerprint density at radius 1 is 1.50 bits per heavy atom. The summed E-state index contributed by atoms with van der Waals surface area (Å²) in [6, 6.07) is 1.63. The van der Waals surface area contributed by atoms with Gasteiger partial charge in [0.25, 0.3) is 10.1 Å². The molecule has 0 saturated heterocycles. The number of unbranched alkanes of at least 4 members (excludes halogenated alkanes) is 2. The van der Waals surface area contributed by atoms with Crippen molar-refractivity contribution in [1.29, 1.82) is 0 Å². The van der Waals surface area contributed by atoms with E-state index in [1.165, 1.54) is 6.26 Å². The summed E-state index contributed by atoms with van der Waals surface area (Å²) in [5.74, 6) is 0. The molecule has 1 aromatic rings. The van der Waals surface area contributed by atoms with Gasteiger partial charge in [-0.3, -0.25) is 4.18 Å². The summed E-state index contributed by atoms with van der Waals surface area (Å²) in [7, 11) is -3.47. The minimum Gasteiger partial charge on any atom is -0.364 e. The van der Waals surface area contributed by atoms with Crippen LogP contribution in [-0.4, -0.2) is 19.8 Å². The summed E-state index contributed by atoms with van der Waals surface area (Å²) in [5, 5.41) is 3.72. The monoisotopic (exact) mass is 247 g/mol. The molecule has 6 heteroatoms. The first-order valence-electron chi connectivity index (χ1n) is 5.31. The minimum atomic E-state index is -3.47. The standard InChI is InChI=1S/C10H17NO4S/c1-3-4-5-6-10(15-16(2,12)13)9-7-8-14-11-9/h7-8,10H,3-6H2,1-2H3. The number of aromatic nitrogens is 1. The van der Waals surface area contributed by atoms with Gasteiger partial charge in [-0.1, -0.05) is 31.3 Å². The Morgan fingerprint density at radius 3 is 2.75 bits per heavy atom. The van der Waals surface area contributed by atoms with Crippen molar-refractivity contribution in [3.63, 3.8) is 0 Å². The van der Waals surface area contributed by atoms with Crippen molar-refractivity contribution in [2.24, 2.45) is 0 Å². The van der Waals surface area contributed by atoms with Gasteiger partial charge in [0, 0.05) is 6.07 Å². The second-order valence-electron chi connectivity index (χ2n) is 3.71. The van der Waals surface area contributed by atoms with Gasteiger partial charge in [0.05, 0.1) is 6.26 Å². The predicted molar refractivity (Wildman–Crippen MR) is 59.3 cm³/mol. The third kappa shape index (κ3) is 4.76. The summed E-state index contributed by atoms with van der Waals surface area (Å²) in [5.41, 5.74) is 0.529. The molecule has 0 spiro atoms. The lowest BCUT2D eigenvalue weighted by Crippen LogP contribution is -2.11. The van der Waals surface area contributed by atoms with Crippen LogP contribution < -0.4 is 0 Å². The highest BCUT2D eigenvalue weighted by Gasteiger charge is 2.19. The Morgan fingerprint density at radius 2 is 2.25 bits per heavy atom. The first-order chi connectivity index (χ1) is 7.53. The van der Waals surface area contributed by atoms with E-state index in [0.29, 0.717) is 12.1 Å². The van der Waals surface area contributed by atoms with E-state index in [4.69, 9.17) is 8.71 Å². The third-order valence-corrected chi connectivity index (χ3v) is 2.73. The van der Waals surface area contributed by atoms with Gasteiger partial charge in [-0.05, 0) is 6.42 Å². The van der Waals surface area contributed by atoms with E-state index in [1.807, 2.05) is 0 Å². The second kappa shape index (κ2) is 6.00. The van der Waals surface area contributed by atoms with Crippen LogP contribution in [0.4, 0.5) is 0 Å². The van der Waals surface area contributed by atoms with Crippen LogP contribution in [0.1, 0.15) is 44.4 Å². The van der Waals surface area contributed by atoms with E-state index in [9.17, 15) is 8.42 Å². The van der Waals surface area contributed by atoms with E-state index >= 15 is 0 Å². The maximum atomic E-state index is 11.1. The fourth-order valence-corrected chi connectivity index (χ4v) is 2.04. The molecule has 0 aliphatic rings. The van der Waals surface area contributed by atoms with Crippen LogP contribution in [0.15, 0.2) is 16.9 Å². The normalized spacial score (nSPS) is 13.9. The molecule has 0 aliphatic carbocycles. The smallest absolute Gasteiger partial charge is 0.265 e. The van der Waals surface area contributed by atoms with Crippen molar-refractivity contribution in [1.82, 2.24) is 5.16 Å². The second-order valence-corrected chi connectivity index (χ2v) is 5.31. The van der Waals surface area contributed by atoms with E-state index in [2.05, 4.69) is 12.1 Å². The Hall–Kier alpha value is -0.880. The van der Waals surface area contributed by atoms with E-state index in [-0.39, 0.29) is 0 Å². The summed E-state index contributed by atoms with van der Waals surface area (Å²) in [6.45, 7) is 2.09. The highest BCUT2D eigenvalue weighted by Crippen LogP contribution is 2.24. The molecule has 0 aromatic carbocycles. The number of hydrogen-bond donors (Lipinski definition) is 0. The van der Waals surface area contributed by atoms with E-state index in [0.717, 1.165) is 25.5 Å². The van der Waals surface area contributed by atoms with Crippen LogP contribution in [0.2, 0.25) is 0 Å². The molecule has 0 amide bonds. The molecule has 5 nitrogen and oxygen atoms in total. The van der Waals surface area contributed by atoms with Gasteiger partial charge in [0.2, 0.25) is 0 Å². The molecule has 1 aromatic heterocycles. The molecular formula is C10H17NO4S. The van der Waals surface area contributed by atoms with E-state index in [1.54, 1.807) is 6.07 Å². The first kappa shape index (κ1) is 13.2. The Kier molecular flexibility index (Phi) is 4.95. The van der Waals surface area contributed by atoms with E-state index < -0.39 is 16.2 Å². The zero-order chi connectivity index (χ0) is 12.0. The van der Waals surface area contributed by atoms with Gasteiger partial charge in [-0.25, -0.2) is 0 Å². The molecule has 1 atom stereocenters. The summed E-state index contributed by atoms with van der Waals surface area (Å²) >= 11 is 0. The van der Waals surface area contributed by atoms with Gasteiger partial charge in [-0.2, -0.15) is 8.42 Å². The Labute approximate surface area is 95.9 Å². The third-order valence-electron chi connectivity index (χ3n) is 2.15. The van der Waals surface area contributed by atoms with Gasteiger partial charge in [0.1, 0.15) is 18.1 Å². The van der Waals surface area contributed by atoms with Crippen molar-refractivity contribution in [3.05, 3.63) is 18.0 Å². The predicted octanol–water partition coefficient (Wildman–Crippen LogP) is 2.27. The number of hydrogen-bond acceptors (Lipinski definition) is 5.